The first-order chi connectivity index (χ1) is 13.4. The summed E-state index contributed by atoms with van der Waals surface area (Å²) in [7, 11) is 1.84. The fourth-order valence-electron chi connectivity index (χ4n) is 3.32. The molecule has 28 heavy (non-hydrogen) atoms. The Hall–Kier alpha value is -2.94. The van der Waals surface area contributed by atoms with Gasteiger partial charge in [0.2, 0.25) is 0 Å². The minimum absolute atomic E-state index is 0.0472. The molecule has 0 radical (unpaired) electrons. The molecule has 0 N–H and O–H groups in total. The van der Waals surface area contributed by atoms with Crippen LogP contribution in [0, 0.1) is 13.8 Å². The maximum absolute atomic E-state index is 12.8. The van der Waals surface area contributed by atoms with Gasteiger partial charge in [-0.3, -0.25) is 14.3 Å². The monoisotopic (exact) mass is 399 g/mol. The molecule has 0 aromatic carbocycles. The second-order valence-electron chi connectivity index (χ2n) is 6.85. The molecule has 0 bridgehead atoms. The number of thiazole rings is 1. The molecule has 4 rings (SSSR count). The molecule has 2 amide bonds. The molecular weight excluding hydrogens is 378 g/mol. The van der Waals surface area contributed by atoms with Crippen molar-refractivity contribution in [1.82, 2.24) is 24.6 Å². The third kappa shape index (κ3) is 3.45. The van der Waals surface area contributed by atoms with Crippen LogP contribution in [-0.4, -0.2) is 62.6 Å². The number of nitrogens with zero attached hydrogens (tertiary/aromatic N) is 5. The smallest absolute Gasteiger partial charge is 0.273 e. The minimum atomic E-state index is -0.103. The average Bonchev–Trinajstić information content (AvgIpc) is 3.40. The van der Waals surface area contributed by atoms with E-state index in [0.29, 0.717) is 43.2 Å². The first-order valence-corrected chi connectivity index (χ1v) is 9.90. The summed E-state index contributed by atoms with van der Waals surface area (Å²) in [6.45, 7) is 5.58. The van der Waals surface area contributed by atoms with Crippen LogP contribution < -0.4 is 0 Å². The first-order valence-electron chi connectivity index (χ1n) is 9.02. The van der Waals surface area contributed by atoms with Crippen molar-refractivity contribution in [3.05, 3.63) is 46.6 Å². The zero-order chi connectivity index (χ0) is 19.8. The van der Waals surface area contributed by atoms with Gasteiger partial charge in [-0.25, -0.2) is 4.98 Å². The number of hydrogen-bond acceptors (Lipinski definition) is 6. The molecule has 1 fully saturated rings. The van der Waals surface area contributed by atoms with Gasteiger partial charge in [0.05, 0.1) is 11.8 Å². The van der Waals surface area contributed by atoms with Crippen LogP contribution in [-0.2, 0) is 7.05 Å². The van der Waals surface area contributed by atoms with Gasteiger partial charge in [-0.2, -0.15) is 5.10 Å². The summed E-state index contributed by atoms with van der Waals surface area (Å²) in [5, 5.41) is 6.69. The van der Waals surface area contributed by atoms with Crippen LogP contribution in [0.2, 0.25) is 0 Å². The predicted octanol–water partition coefficient (Wildman–Crippen LogP) is 2.35. The van der Waals surface area contributed by atoms with E-state index in [1.54, 1.807) is 39.0 Å². The summed E-state index contributed by atoms with van der Waals surface area (Å²) in [5.41, 5.74) is 1.93. The highest BCUT2D eigenvalue weighted by Gasteiger charge is 2.28. The number of rotatable bonds is 3. The van der Waals surface area contributed by atoms with Crippen LogP contribution in [0.4, 0.5) is 0 Å². The maximum atomic E-state index is 12.8. The number of carbonyl (C=O) groups excluding carboxylic acids is 2. The van der Waals surface area contributed by atoms with Crippen molar-refractivity contribution in [2.24, 2.45) is 7.05 Å². The van der Waals surface area contributed by atoms with Crippen LogP contribution in [0.5, 0.6) is 0 Å². The summed E-state index contributed by atoms with van der Waals surface area (Å²) >= 11 is 1.43. The van der Waals surface area contributed by atoms with Crippen molar-refractivity contribution in [3.8, 4) is 10.6 Å². The Labute approximate surface area is 166 Å². The normalized spacial score (nSPS) is 14.5. The van der Waals surface area contributed by atoms with E-state index in [2.05, 4.69) is 10.1 Å². The highest BCUT2D eigenvalue weighted by Crippen LogP contribution is 2.24. The van der Waals surface area contributed by atoms with Crippen molar-refractivity contribution in [1.29, 1.82) is 0 Å². The Kier molecular flexibility index (Phi) is 4.76. The van der Waals surface area contributed by atoms with Gasteiger partial charge in [-0.15, -0.1) is 11.3 Å². The van der Waals surface area contributed by atoms with E-state index >= 15 is 0 Å². The van der Waals surface area contributed by atoms with Gasteiger partial charge in [-0.05, 0) is 19.9 Å². The molecule has 0 saturated carbocycles. The fraction of sp³-hybridized carbons (Fsp3) is 0.368. The molecule has 0 unspecified atom stereocenters. The Balaban J connectivity index is 1.40. The summed E-state index contributed by atoms with van der Waals surface area (Å²) in [5.74, 6) is 1.21. The summed E-state index contributed by atoms with van der Waals surface area (Å²) < 4.78 is 7.16. The zero-order valence-corrected chi connectivity index (χ0v) is 16.8. The SMILES string of the molecule is Cc1cc(C(=O)N2CCN(C(=O)c3csc(-c4cnn(C)c4)n3)CC2)c(C)o1. The van der Waals surface area contributed by atoms with Gasteiger partial charge in [0.1, 0.15) is 22.2 Å². The Morgan fingerprint density at radius 2 is 1.79 bits per heavy atom. The second-order valence-corrected chi connectivity index (χ2v) is 7.71. The van der Waals surface area contributed by atoms with Crippen molar-refractivity contribution >= 4 is 23.2 Å². The lowest BCUT2D eigenvalue weighted by Gasteiger charge is -2.34. The second kappa shape index (κ2) is 7.23. The minimum Gasteiger partial charge on any atom is -0.466 e. The lowest BCUT2D eigenvalue weighted by atomic mass is 10.2. The molecule has 3 aromatic rings. The molecule has 1 aliphatic heterocycles. The molecule has 1 aliphatic rings. The van der Waals surface area contributed by atoms with Crippen molar-refractivity contribution in [3.63, 3.8) is 0 Å². The average molecular weight is 399 g/mol. The van der Waals surface area contributed by atoms with Crippen LogP contribution in [0.15, 0.2) is 28.3 Å². The molecule has 4 heterocycles. The topological polar surface area (TPSA) is 84.5 Å². The highest BCUT2D eigenvalue weighted by molar-refractivity contribution is 7.13. The summed E-state index contributed by atoms with van der Waals surface area (Å²) in [6, 6.07) is 1.77. The zero-order valence-electron chi connectivity index (χ0n) is 16.0. The third-order valence-electron chi connectivity index (χ3n) is 4.80. The van der Waals surface area contributed by atoms with Gasteiger partial charge in [0, 0.05) is 50.4 Å². The first kappa shape index (κ1) is 18.4. The van der Waals surface area contributed by atoms with Crippen LogP contribution >= 0.6 is 11.3 Å². The summed E-state index contributed by atoms with van der Waals surface area (Å²) in [6.07, 6.45) is 3.61. The van der Waals surface area contributed by atoms with Crippen LogP contribution in [0.3, 0.4) is 0 Å². The van der Waals surface area contributed by atoms with Crippen LogP contribution in [0.1, 0.15) is 32.4 Å². The van der Waals surface area contributed by atoms with E-state index in [-0.39, 0.29) is 11.8 Å². The van der Waals surface area contributed by atoms with Gasteiger partial charge in [-0.1, -0.05) is 0 Å². The van der Waals surface area contributed by atoms with Crippen molar-refractivity contribution in [2.45, 2.75) is 13.8 Å². The Bertz CT molecular complexity index is 1030. The quantitative estimate of drug-likeness (QED) is 0.675. The van der Waals surface area contributed by atoms with Gasteiger partial charge < -0.3 is 14.2 Å². The van der Waals surface area contributed by atoms with E-state index in [1.165, 1.54) is 11.3 Å². The molecule has 0 atom stereocenters. The number of furan rings is 1. The summed E-state index contributed by atoms with van der Waals surface area (Å²) in [4.78, 5) is 33.5. The van der Waals surface area contributed by atoms with Crippen molar-refractivity contribution in [2.75, 3.05) is 26.2 Å². The number of aromatic nitrogens is 3. The maximum Gasteiger partial charge on any atom is 0.273 e. The van der Waals surface area contributed by atoms with E-state index < -0.39 is 0 Å². The third-order valence-corrected chi connectivity index (χ3v) is 5.69. The predicted molar refractivity (Wildman–Crippen MR) is 104 cm³/mol. The molecule has 0 spiro atoms. The molecule has 1 saturated heterocycles. The van der Waals surface area contributed by atoms with Gasteiger partial charge >= 0.3 is 0 Å². The Morgan fingerprint density at radius 1 is 1.11 bits per heavy atom. The van der Waals surface area contributed by atoms with E-state index in [1.807, 2.05) is 20.2 Å². The molecule has 0 aliphatic carbocycles. The molecule has 8 nitrogen and oxygen atoms in total. The van der Waals surface area contributed by atoms with Gasteiger partial charge in [0.25, 0.3) is 11.8 Å². The highest BCUT2D eigenvalue weighted by atomic mass is 32.1. The van der Waals surface area contributed by atoms with Crippen LogP contribution in [0.25, 0.3) is 10.6 Å². The largest absolute Gasteiger partial charge is 0.466 e. The molecular formula is C19H21N5O3S. The molecule has 146 valence electrons. The number of aryl methyl sites for hydroxylation is 3. The number of hydrogen-bond donors (Lipinski definition) is 0. The fourth-order valence-corrected chi connectivity index (χ4v) is 4.09. The lowest BCUT2D eigenvalue weighted by Crippen LogP contribution is -2.50. The number of amides is 2. The van der Waals surface area contributed by atoms with E-state index in [9.17, 15) is 9.59 Å². The standard InChI is InChI=1S/C19H21N5O3S/c1-12-8-15(13(2)27-12)18(25)23-4-6-24(7-5-23)19(26)16-11-28-17(21-16)14-9-20-22(3)10-14/h8-11H,4-7H2,1-3H3. The Morgan fingerprint density at radius 3 is 2.36 bits per heavy atom. The lowest BCUT2D eigenvalue weighted by molar-refractivity contribution is 0.0532. The molecule has 3 aromatic heterocycles. The number of piperazine rings is 1. The molecule has 9 heteroatoms. The van der Waals surface area contributed by atoms with Gasteiger partial charge in [0.15, 0.2) is 0 Å². The van der Waals surface area contributed by atoms with E-state index in [4.69, 9.17) is 4.42 Å². The van der Waals surface area contributed by atoms with E-state index in [0.717, 1.165) is 16.3 Å². The number of carbonyl (C=O) groups is 2. The van der Waals surface area contributed by atoms with Crippen molar-refractivity contribution < 1.29 is 14.0 Å².